The molecule has 0 aliphatic rings. The number of ether oxygens (including phenoxy) is 1. The molecule has 1 rings (SSSR count). The number of rotatable bonds is 5. The number of carbonyl (C=O) groups is 3. The van der Waals surface area contributed by atoms with Crippen LogP contribution < -0.4 is 10.6 Å². The Kier molecular flexibility index (Phi) is 8.11. The van der Waals surface area contributed by atoms with Crippen molar-refractivity contribution >= 4 is 17.9 Å². The minimum atomic E-state index is -1.01. The predicted octanol–water partition coefficient (Wildman–Crippen LogP) is 3.50. The first kappa shape index (κ1) is 26.3. The van der Waals surface area contributed by atoms with E-state index >= 15 is 0 Å². The van der Waals surface area contributed by atoms with Crippen molar-refractivity contribution in [3.8, 4) is 5.75 Å². The van der Waals surface area contributed by atoms with Gasteiger partial charge in [0.25, 0.3) is 0 Å². The van der Waals surface area contributed by atoms with Crippen LogP contribution in [0, 0.1) is 0 Å². The molecular formula is C23H37N3O5. The number of nitrogens with zero attached hydrogens (tertiary/aromatic N) is 1. The molecule has 0 aliphatic carbocycles. The van der Waals surface area contributed by atoms with Gasteiger partial charge >= 0.3 is 6.09 Å². The fourth-order valence-corrected chi connectivity index (χ4v) is 3.00. The predicted molar refractivity (Wildman–Crippen MR) is 120 cm³/mol. The van der Waals surface area contributed by atoms with Crippen LogP contribution >= 0.6 is 0 Å². The van der Waals surface area contributed by atoms with Crippen molar-refractivity contribution in [1.82, 2.24) is 15.5 Å². The molecule has 31 heavy (non-hydrogen) atoms. The monoisotopic (exact) mass is 435 g/mol. The summed E-state index contributed by atoms with van der Waals surface area (Å²) in [6.45, 7) is 15.8. The standard InChI is InChI=1S/C23H37N3O5/c1-21(2,3)25-19(29)18(15-11-10-12-16(27)13-15)26(22(4,5)6)17(28)14-24-20(30)31-23(7,8)9/h10-13,18,27H,14H2,1-9H3,(H,24,30)(H,25,29). The van der Waals surface area contributed by atoms with E-state index in [1.54, 1.807) is 53.7 Å². The Morgan fingerprint density at radius 2 is 1.61 bits per heavy atom. The maximum absolute atomic E-state index is 13.3. The lowest BCUT2D eigenvalue weighted by Crippen LogP contribution is -2.56. The number of nitrogens with one attached hydrogen (secondary N) is 2. The Bertz CT molecular complexity index is 801. The number of carbonyl (C=O) groups excluding carboxylic acids is 3. The highest BCUT2D eigenvalue weighted by atomic mass is 16.6. The number of phenols is 1. The Balaban J connectivity index is 3.31. The van der Waals surface area contributed by atoms with Gasteiger partial charge in [0.2, 0.25) is 11.8 Å². The summed E-state index contributed by atoms with van der Waals surface area (Å²) in [6.07, 6.45) is -0.720. The summed E-state index contributed by atoms with van der Waals surface area (Å²) >= 11 is 0. The number of hydrogen-bond donors (Lipinski definition) is 3. The number of benzene rings is 1. The van der Waals surface area contributed by atoms with Crippen LogP contribution in [0.2, 0.25) is 0 Å². The molecule has 174 valence electrons. The van der Waals surface area contributed by atoms with E-state index < -0.39 is 40.6 Å². The van der Waals surface area contributed by atoms with E-state index in [0.717, 1.165) is 0 Å². The average Bonchev–Trinajstić information content (AvgIpc) is 2.53. The van der Waals surface area contributed by atoms with Gasteiger partial charge in [0.05, 0.1) is 0 Å². The topological polar surface area (TPSA) is 108 Å². The van der Waals surface area contributed by atoms with E-state index in [4.69, 9.17) is 4.74 Å². The average molecular weight is 436 g/mol. The van der Waals surface area contributed by atoms with Crippen LogP contribution in [0.25, 0.3) is 0 Å². The number of alkyl carbamates (subject to hydrolysis) is 1. The molecule has 1 aromatic rings. The highest BCUT2D eigenvalue weighted by Crippen LogP contribution is 2.31. The van der Waals surface area contributed by atoms with Gasteiger partial charge in [-0.3, -0.25) is 9.59 Å². The molecule has 8 nitrogen and oxygen atoms in total. The fraction of sp³-hybridized carbons (Fsp3) is 0.609. The van der Waals surface area contributed by atoms with Gasteiger partial charge in [0, 0.05) is 11.1 Å². The number of phenolic OH excluding ortho intramolecular Hbond substituents is 1. The molecular weight excluding hydrogens is 398 g/mol. The molecule has 0 radical (unpaired) electrons. The van der Waals surface area contributed by atoms with Gasteiger partial charge in [-0.15, -0.1) is 0 Å². The summed E-state index contributed by atoms with van der Waals surface area (Å²) in [5, 5.41) is 15.4. The van der Waals surface area contributed by atoms with Crippen molar-refractivity contribution in [3.63, 3.8) is 0 Å². The van der Waals surface area contributed by atoms with Gasteiger partial charge in [0.1, 0.15) is 23.9 Å². The van der Waals surface area contributed by atoms with E-state index in [-0.39, 0.29) is 12.3 Å². The Labute approximate surface area is 185 Å². The van der Waals surface area contributed by atoms with E-state index in [1.807, 2.05) is 20.8 Å². The van der Waals surface area contributed by atoms with Crippen LogP contribution in [0.3, 0.4) is 0 Å². The molecule has 1 atom stereocenters. The fourth-order valence-electron chi connectivity index (χ4n) is 3.00. The Morgan fingerprint density at radius 1 is 1.03 bits per heavy atom. The van der Waals surface area contributed by atoms with Crippen molar-refractivity contribution in [2.45, 2.75) is 85.0 Å². The zero-order chi connectivity index (χ0) is 24.2. The highest BCUT2D eigenvalue weighted by Gasteiger charge is 2.39. The molecule has 0 fully saturated rings. The third kappa shape index (κ3) is 8.86. The molecule has 3 N–H and O–H groups in total. The molecule has 1 aromatic carbocycles. The smallest absolute Gasteiger partial charge is 0.408 e. The second-order valence-electron chi connectivity index (χ2n) is 10.5. The third-order valence-electron chi connectivity index (χ3n) is 3.96. The first-order chi connectivity index (χ1) is 13.9. The summed E-state index contributed by atoms with van der Waals surface area (Å²) in [4.78, 5) is 40.0. The van der Waals surface area contributed by atoms with Crippen LogP contribution in [0.4, 0.5) is 4.79 Å². The van der Waals surface area contributed by atoms with E-state index in [1.165, 1.54) is 17.0 Å². The molecule has 0 aliphatic heterocycles. The molecule has 3 amide bonds. The first-order valence-corrected chi connectivity index (χ1v) is 10.3. The van der Waals surface area contributed by atoms with Gasteiger partial charge < -0.3 is 25.4 Å². The van der Waals surface area contributed by atoms with Crippen molar-refractivity contribution in [3.05, 3.63) is 29.8 Å². The van der Waals surface area contributed by atoms with Crippen LogP contribution in [0.15, 0.2) is 24.3 Å². The maximum atomic E-state index is 13.3. The molecule has 0 heterocycles. The normalized spacial score (nSPS) is 13.2. The minimum Gasteiger partial charge on any atom is -0.508 e. The van der Waals surface area contributed by atoms with Crippen LogP contribution in [0.5, 0.6) is 5.75 Å². The molecule has 0 saturated heterocycles. The highest BCUT2D eigenvalue weighted by molar-refractivity contribution is 5.91. The van der Waals surface area contributed by atoms with E-state index in [2.05, 4.69) is 10.6 Å². The van der Waals surface area contributed by atoms with Crippen LogP contribution in [-0.2, 0) is 14.3 Å². The zero-order valence-electron chi connectivity index (χ0n) is 20.1. The zero-order valence-corrected chi connectivity index (χ0v) is 20.1. The van der Waals surface area contributed by atoms with Gasteiger partial charge in [-0.1, -0.05) is 12.1 Å². The quantitative estimate of drug-likeness (QED) is 0.656. The number of amides is 3. The second-order valence-corrected chi connectivity index (χ2v) is 10.5. The summed E-state index contributed by atoms with van der Waals surface area (Å²) in [5.41, 5.74) is -1.54. The van der Waals surface area contributed by atoms with Crippen molar-refractivity contribution in [1.29, 1.82) is 0 Å². The van der Waals surface area contributed by atoms with Gasteiger partial charge in [-0.2, -0.15) is 0 Å². The molecule has 1 unspecified atom stereocenters. The molecule has 0 aromatic heterocycles. The van der Waals surface area contributed by atoms with Crippen molar-refractivity contribution in [2.75, 3.05) is 6.54 Å². The third-order valence-corrected chi connectivity index (χ3v) is 3.96. The van der Waals surface area contributed by atoms with Gasteiger partial charge in [0.15, 0.2) is 0 Å². The second kappa shape index (κ2) is 9.58. The summed E-state index contributed by atoms with van der Waals surface area (Å²) in [5.74, 6) is -0.867. The Morgan fingerprint density at radius 3 is 2.06 bits per heavy atom. The minimum absolute atomic E-state index is 0.0146. The van der Waals surface area contributed by atoms with Crippen molar-refractivity contribution in [2.24, 2.45) is 0 Å². The van der Waals surface area contributed by atoms with E-state index in [0.29, 0.717) is 5.56 Å². The van der Waals surface area contributed by atoms with Crippen molar-refractivity contribution < 1.29 is 24.2 Å². The van der Waals surface area contributed by atoms with E-state index in [9.17, 15) is 19.5 Å². The van der Waals surface area contributed by atoms with Crippen LogP contribution in [-0.4, -0.2) is 51.1 Å². The largest absolute Gasteiger partial charge is 0.508 e. The molecule has 0 saturated carbocycles. The summed E-state index contributed by atoms with van der Waals surface area (Å²) in [6, 6.07) is 5.24. The SMILES string of the molecule is CC(C)(C)NC(=O)C(c1cccc(O)c1)N(C(=O)CNC(=O)OC(C)(C)C)C(C)(C)C. The maximum Gasteiger partial charge on any atom is 0.408 e. The summed E-state index contributed by atoms with van der Waals surface area (Å²) in [7, 11) is 0. The van der Waals surface area contributed by atoms with Gasteiger partial charge in [-0.05, 0) is 80.0 Å². The molecule has 0 spiro atoms. The lowest BCUT2D eigenvalue weighted by Gasteiger charge is -2.42. The first-order valence-electron chi connectivity index (χ1n) is 10.3. The summed E-state index contributed by atoms with van der Waals surface area (Å²) < 4.78 is 5.19. The molecule has 0 bridgehead atoms. The van der Waals surface area contributed by atoms with Gasteiger partial charge in [-0.25, -0.2) is 4.79 Å². The number of hydrogen-bond acceptors (Lipinski definition) is 5. The lowest BCUT2D eigenvalue weighted by molar-refractivity contribution is -0.146. The lowest BCUT2D eigenvalue weighted by atomic mass is 9.95. The Hall–Kier alpha value is -2.77. The molecule has 8 heteroatoms. The number of aromatic hydroxyl groups is 1. The van der Waals surface area contributed by atoms with Crippen LogP contribution in [0.1, 0.15) is 73.9 Å².